The number of halogens is 1. The van der Waals surface area contributed by atoms with Crippen molar-refractivity contribution in [3.05, 3.63) is 40.7 Å². The van der Waals surface area contributed by atoms with E-state index in [-0.39, 0.29) is 5.56 Å². The molecule has 4 heteroatoms. The van der Waals surface area contributed by atoms with Gasteiger partial charge < -0.3 is 9.72 Å². The molecule has 0 aliphatic carbocycles. The second-order valence-electron chi connectivity index (χ2n) is 3.79. The van der Waals surface area contributed by atoms with Crippen LogP contribution in [-0.2, 0) is 0 Å². The fraction of sp³-hybridized carbons (Fsp3) is 0.308. The lowest BCUT2D eigenvalue weighted by Crippen LogP contribution is -2.05. The molecule has 1 aromatic heterocycles. The van der Waals surface area contributed by atoms with Gasteiger partial charge in [0.2, 0.25) is 5.56 Å². The van der Waals surface area contributed by atoms with Crippen molar-refractivity contribution in [2.75, 3.05) is 12.5 Å². The molecule has 0 saturated carbocycles. The Bertz CT molecular complexity index is 550. The van der Waals surface area contributed by atoms with Crippen molar-refractivity contribution in [2.24, 2.45) is 0 Å². The maximum Gasteiger partial charge on any atom is 0.248 e. The van der Waals surface area contributed by atoms with Crippen molar-refractivity contribution in [3.63, 3.8) is 0 Å². The Balaban J connectivity index is 2.21. The number of aromatic nitrogens is 1. The number of rotatable bonds is 5. The number of pyridine rings is 1. The van der Waals surface area contributed by atoms with Crippen molar-refractivity contribution in [3.8, 4) is 5.75 Å². The minimum absolute atomic E-state index is 0.116. The molecule has 1 heterocycles. The van der Waals surface area contributed by atoms with Gasteiger partial charge in [-0.25, -0.2) is 0 Å². The Labute approximate surface area is 104 Å². The largest absolute Gasteiger partial charge is 0.491 e. The number of fused-ring (bicyclic) bond motifs is 1. The van der Waals surface area contributed by atoms with Gasteiger partial charge in [0.05, 0.1) is 12.1 Å². The molecule has 3 nitrogen and oxygen atoms in total. The second kappa shape index (κ2) is 5.73. The van der Waals surface area contributed by atoms with Crippen LogP contribution in [0.3, 0.4) is 0 Å². The highest BCUT2D eigenvalue weighted by Crippen LogP contribution is 2.22. The van der Waals surface area contributed by atoms with Gasteiger partial charge in [-0.05, 0) is 25.0 Å². The second-order valence-corrected chi connectivity index (χ2v) is 4.17. The highest BCUT2D eigenvalue weighted by atomic mass is 35.5. The molecule has 0 saturated heterocycles. The van der Waals surface area contributed by atoms with Gasteiger partial charge in [-0.1, -0.05) is 12.1 Å². The summed E-state index contributed by atoms with van der Waals surface area (Å²) in [5.74, 6) is 1.37. The van der Waals surface area contributed by atoms with Gasteiger partial charge in [0.1, 0.15) is 5.75 Å². The Kier molecular flexibility index (Phi) is 4.04. The minimum Gasteiger partial charge on any atom is -0.491 e. The predicted molar refractivity (Wildman–Crippen MR) is 70.0 cm³/mol. The predicted octanol–water partition coefficient (Wildman–Crippen LogP) is 2.93. The zero-order valence-electron chi connectivity index (χ0n) is 9.41. The summed E-state index contributed by atoms with van der Waals surface area (Å²) < 4.78 is 5.65. The quantitative estimate of drug-likeness (QED) is 0.656. The summed E-state index contributed by atoms with van der Waals surface area (Å²) in [7, 11) is 0. The molecule has 1 N–H and O–H groups in total. The number of benzene rings is 1. The van der Waals surface area contributed by atoms with Crippen molar-refractivity contribution < 1.29 is 4.74 Å². The molecule has 0 spiro atoms. The summed E-state index contributed by atoms with van der Waals surface area (Å²) in [6.45, 7) is 0.614. The van der Waals surface area contributed by atoms with Crippen LogP contribution in [0.1, 0.15) is 12.8 Å². The van der Waals surface area contributed by atoms with Gasteiger partial charge in [0.25, 0.3) is 0 Å². The monoisotopic (exact) mass is 251 g/mol. The molecule has 0 aliphatic heterocycles. The summed E-state index contributed by atoms with van der Waals surface area (Å²) in [4.78, 5) is 14.1. The first-order valence-electron chi connectivity index (χ1n) is 5.62. The average Bonchev–Trinajstić information content (AvgIpc) is 2.35. The Morgan fingerprint density at radius 3 is 2.88 bits per heavy atom. The highest BCUT2D eigenvalue weighted by molar-refractivity contribution is 6.17. The van der Waals surface area contributed by atoms with E-state index in [0.717, 1.165) is 29.5 Å². The number of H-pyrrole nitrogens is 1. The Morgan fingerprint density at radius 1 is 1.18 bits per heavy atom. The van der Waals surface area contributed by atoms with Crippen molar-refractivity contribution in [2.45, 2.75) is 12.8 Å². The fourth-order valence-electron chi connectivity index (χ4n) is 1.65. The summed E-state index contributed by atoms with van der Waals surface area (Å²) in [6.07, 6.45) is 1.85. The fourth-order valence-corrected chi connectivity index (χ4v) is 1.84. The Hall–Kier alpha value is -1.48. The molecule has 0 atom stereocenters. The normalized spacial score (nSPS) is 10.6. The molecule has 17 heavy (non-hydrogen) atoms. The summed E-state index contributed by atoms with van der Waals surface area (Å²) in [5.41, 5.74) is 0.639. The lowest BCUT2D eigenvalue weighted by atomic mass is 10.2. The smallest absolute Gasteiger partial charge is 0.248 e. The van der Waals surface area contributed by atoms with Gasteiger partial charge in [-0.15, -0.1) is 11.6 Å². The lowest BCUT2D eigenvalue weighted by Gasteiger charge is -2.08. The summed E-state index contributed by atoms with van der Waals surface area (Å²) in [5, 5.41) is 0.972. The van der Waals surface area contributed by atoms with Gasteiger partial charge >= 0.3 is 0 Å². The van der Waals surface area contributed by atoms with Crippen molar-refractivity contribution >= 4 is 22.5 Å². The first kappa shape index (κ1) is 12.0. The highest BCUT2D eigenvalue weighted by Gasteiger charge is 2.02. The molecule has 1 aromatic carbocycles. The zero-order chi connectivity index (χ0) is 12.1. The van der Waals surface area contributed by atoms with Crippen LogP contribution < -0.4 is 10.3 Å². The SMILES string of the molecule is O=c1ccc2cccc(OCCCCCl)c2[nH]1. The molecule has 0 unspecified atom stereocenters. The zero-order valence-corrected chi connectivity index (χ0v) is 10.2. The molecule has 2 rings (SSSR count). The molecular formula is C13H14ClNO2. The molecule has 0 aliphatic rings. The minimum atomic E-state index is -0.116. The number of aromatic amines is 1. The molecule has 0 amide bonds. The number of hydrogen-bond donors (Lipinski definition) is 1. The number of para-hydroxylation sites is 1. The number of nitrogens with one attached hydrogen (secondary N) is 1. The van der Waals surface area contributed by atoms with E-state index in [4.69, 9.17) is 16.3 Å². The topological polar surface area (TPSA) is 42.1 Å². The first-order valence-corrected chi connectivity index (χ1v) is 6.15. The van der Waals surface area contributed by atoms with Crippen LogP contribution in [0.5, 0.6) is 5.75 Å². The molecule has 0 radical (unpaired) electrons. The molecule has 90 valence electrons. The van der Waals surface area contributed by atoms with Crippen LogP contribution in [0.25, 0.3) is 10.9 Å². The van der Waals surface area contributed by atoms with E-state index in [1.54, 1.807) is 6.07 Å². The summed E-state index contributed by atoms with van der Waals surface area (Å²) in [6, 6.07) is 9.02. The molecule has 0 bridgehead atoms. The van der Waals surface area contributed by atoms with Crippen LogP contribution in [-0.4, -0.2) is 17.5 Å². The van der Waals surface area contributed by atoms with E-state index in [1.807, 2.05) is 18.2 Å². The van der Waals surface area contributed by atoms with Crippen LogP contribution in [0.4, 0.5) is 0 Å². The van der Waals surface area contributed by atoms with Crippen LogP contribution >= 0.6 is 11.6 Å². The van der Waals surface area contributed by atoms with Gasteiger partial charge in [-0.3, -0.25) is 4.79 Å². The third kappa shape index (κ3) is 3.01. The number of ether oxygens (including phenoxy) is 1. The van der Waals surface area contributed by atoms with E-state index in [9.17, 15) is 4.79 Å². The van der Waals surface area contributed by atoms with E-state index < -0.39 is 0 Å². The van der Waals surface area contributed by atoms with E-state index in [2.05, 4.69) is 4.98 Å². The summed E-state index contributed by atoms with van der Waals surface area (Å²) >= 11 is 5.60. The van der Waals surface area contributed by atoms with Gasteiger partial charge in [-0.2, -0.15) is 0 Å². The van der Waals surface area contributed by atoms with Crippen molar-refractivity contribution in [1.82, 2.24) is 4.98 Å². The number of hydrogen-bond acceptors (Lipinski definition) is 2. The first-order chi connectivity index (χ1) is 8.31. The maximum atomic E-state index is 11.3. The average molecular weight is 252 g/mol. The van der Waals surface area contributed by atoms with Crippen LogP contribution in [0.2, 0.25) is 0 Å². The van der Waals surface area contributed by atoms with Crippen LogP contribution in [0, 0.1) is 0 Å². The molecular weight excluding hydrogens is 238 g/mol. The standard InChI is InChI=1S/C13H14ClNO2/c14-8-1-2-9-17-11-5-3-4-10-6-7-12(16)15-13(10)11/h3-7H,1-2,8-9H2,(H,15,16). The van der Waals surface area contributed by atoms with E-state index in [1.165, 1.54) is 6.07 Å². The maximum absolute atomic E-state index is 11.3. The van der Waals surface area contributed by atoms with Crippen molar-refractivity contribution in [1.29, 1.82) is 0 Å². The molecule has 0 fully saturated rings. The number of alkyl halides is 1. The van der Waals surface area contributed by atoms with Gasteiger partial charge in [0, 0.05) is 17.3 Å². The van der Waals surface area contributed by atoms with E-state index >= 15 is 0 Å². The number of unbranched alkanes of at least 4 members (excludes halogenated alkanes) is 1. The third-order valence-electron chi connectivity index (χ3n) is 2.51. The molecule has 2 aromatic rings. The van der Waals surface area contributed by atoms with E-state index in [0.29, 0.717) is 12.5 Å². The van der Waals surface area contributed by atoms with Crippen LogP contribution in [0.15, 0.2) is 35.1 Å². The Morgan fingerprint density at radius 2 is 2.06 bits per heavy atom. The lowest BCUT2D eigenvalue weighted by molar-refractivity contribution is 0.312. The van der Waals surface area contributed by atoms with Gasteiger partial charge in [0.15, 0.2) is 0 Å². The third-order valence-corrected chi connectivity index (χ3v) is 2.77.